The third kappa shape index (κ3) is 6.67. The molecule has 0 aromatic rings. The molecule has 0 spiro atoms. The molecule has 1 atom stereocenters. The van der Waals surface area contributed by atoms with Gasteiger partial charge < -0.3 is 15.4 Å². The summed E-state index contributed by atoms with van der Waals surface area (Å²) in [7, 11) is 0. The van der Waals surface area contributed by atoms with Gasteiger partial charge in [-0.2, -0.15) is 0 Å². The van der Waals surface area contributed by atoms with Crippen LogP contribution in [0, 0.1) is 0 Å². The van der Waals surface area contributed by atoms with Gasteiger partial charge in [-0.15, -0.1) is 0 Å². The Morgan fingerprint density at radius 2 is 1.83 bits per heavy atom. The minimum atomic E-state index is -0.269. The van der Waals surface area contributed by atoms with Crippen LogP contribution in [-0.2, 0) is 9.53 Å². The second kappa shape index (κ2) is 10.5. The van der Waals surface area contributed by atoms with E-state index in [1.165, 1.54) is 38.5 Å². The first-order valence-electron chi connectivity index (χ1n) is 9.63. The Kier molecular flexibility index (Phi) is 8.36. The van der Waals surface area contributed by atoms with E-state index in [0.29, 0.717) is 19.2 Å². The Morgan fingerprint density at radius 1 is 1.08 bits per heavy atom. The third-order valence-corrected chi connectivity index (χ3v) is 5.05. The van der Waals surface area contributed by atoms with Gasteiger partial charge in [0.25, 0.3) is 0 Å². The van der Waals surface area contributed by atoms with Gasteiger partial charge >= 0.3 is 12.0 Å². The van der Waals surface area contributed by atoms with Crippen LogP contribution in [0.1, 0.15) is 64.7 Å². The second-order valence-corrected chi connectivity index (χ2v) is 6.93. The van der Waals surface area contributed by atoms with Crippen LogP contribution in [0.4, 0.5) is 4.79 Å². The Labute approximate surface area is 145 Å². The monoisotopic (exact) mass is 339 g/mol. The van der Waals surface area contributed by atoms with Crippen LogP contribution >= 0.6 is 0 Å². The van der Waals surface area contributed by atoms with Crippen LogP contribution in [0.25, 0.3) is 0 Å². The average molecular weight is 339 g/mol. The number of nitrogens with one attached hydrogen (secondary N) is 2. The van der Waals surface area contributed by atoms with Gasteiger partial charge in [0.2, 0.25) is 0 Å². The van der Waals surface area contributed by atoms with Crippen molar-refractivity contribution in [3.05, 3.63) is 0 Å². The molecule has 1 aliphatic heterocycles. The van der Waals surface area contributed by atoms with Gasteiger partial charge in [0.1, 0.15) is 0 Å². The molecule has 0 bridgehead atoms. The lowest BCUT2D eigenvalue weighted by Crippen LogP contribution is -2.53. The summed E-state index contributed by atoms with van der Waals surface area (Å²) in [6, 6.07) is 0.737. The Hall–Kier alpha value is -1.30. The van der Waals surface area contributed by atoms with Crippen LogP contribution in [0.5, 0.6) is 0 Å². The van der Waals surface area contributed by atoms with Crippen LogP contribution in [0.3, 0.4) is 0 Å². The van der Waals surface area contributed by atoms with E-state index < -0.39 is 0 Å². The summed E-state index contributed by atoms with van der Waals surface area (Å²) in [5, 5.41) is 5.82. The van der Waals surface area contributed by atoms with Crippen molar-refractivity contribution in [2.75, 3.05) is 26.2 Å². The molecular formula is C18H33N3O3. The Morgan fingerprint density at radius 3 is 2.54 bits per heavy atom. The molecule has 1 saturated heterocycles. The topological polar surface area (TPSA) is 70.7 Å². The predicted molar refractivity (Wildman–Crippen MR) is 93.9 cm³/mol. The Bertz CT molecular complexity index is 395. The first kappa shape index (κ1) is 19.0. The van der Waals surface area contributed by atoms with Gasteiger partial charge in [0, 0.05) is 25.2 Å². The van der Waals surface area contributed by atoms with E-state index in [1.54, 1.807) is 6.92 Å². The summed E-state index contributed by atoms with van der Waals surface area (Å²) >= 11 is 0. The fourth-order valence-electron chi connectivity index (χ4n) is 3.83. The zero-order valence-electron chi connectivity index (χ0n) is 15.0. The normalized spacial score (nSPS) is 23.3. The lowest BCUT2D eigenvalue weighted by atomic mass is 10.00. The van der Waals surface area contributed by atoms with E-state index in [2.05, 4.69) is 15.5 Å². The first-order valence-corrected chi connectivity index (χ1v) is 9.63. The van der Waals surface area contributed by atoms with Crippen LogP contribution < -0.4 is 10.6 Å². The molecule has 1 aliphatic carbocycles. The molecule has 0 radical (unpaired) electrons. The van der Waals surface area contributed by atoms with Crippen molar-refractivity contribution >= 4 is 12.0 Å². The summed E-state index contributed by atoms with van der Waals surface area (Å²) in [5.74, 6) is -0.269. The molecule has 6 heteroatoms. The average Bonchev–Trinajstić information content (AvgIpc) is 2.84. The first-order chi connectivity index (χ1) is 11.7. The molecule has 2 amide bonds. The van der Waals surface area contributed by atoms with Gasteiger partial charge in [0.15, 0.2) is 0 Å². The maximum absolute atomic E-state index is 12.0. The van der Waals surface area contributed by atoms with Crippen molar-refractivity contribution in [2.45, 2.75) is 76.8 Å². The minimum absolute atomic E-state index is 0.174. The molecule has 0 aromatic heterocycles. The zero-order valence-corrected chi connectivity index (χ0v) is 15.0. The van der Waals surface area contributed by atoms with Gasteiger partial charge in [-0.05, 0) is 39.2 Å². The van der Waals surface area contributed by atoms with E-state index in [9.17, 15) is 9.59 Å². The van der Waals surface area contributed by atoms with E-state index >= 15 is 0 Å². The predicted octanol–water partition coefficient (Wildman–Crippen LogP) is 2.43. The maximum Gasteiger partial charge on any atom is 0.315 e. The van der Waals surface area contributed by atoms with E-state index in [0.717, 1.165) is 25.9 Å². The number of esters is 1. The van der Waals surface area contributed by atoms with Crippen LogP contribution in [0.2, 0.25) is 0 Å². The summed E-state index contributed by atoms with van der Waals surface area (Å²) in [4.78, 5) is 25.8. The molecule has 2 N–H and O–H groups in total. The highest BCUT2D eigenvalue weighted by molar-refractivity contribution is 5.75. The fraction of sp³-hybridized carbons (Fsp3) is 0.889. The van der Waals surface area contributed by atoms with Crippen LogP contribution in [-0.4, -0.2) is 55.2 Å². The number of piperidine rings is 1. The minimum Gasteiger partial charge on any atom is -0.466 e. The second-order valence-electron chi connectivity index (χ2n) is 6.93. The number of hydrogen-bond acceptors (Lipinski definition) is 4. The smallest absolute Gasteiger partial charge is 0.315 e. The molecule has 1 heterocycles. The number of likely N-dealkylation sites (tertiary alicyclic amines) is 1. The number of urea groups is 1. The van der Waals surface area contributed by atoms with Crippen molar-refractivity contribution < 1.29 is 14.3 Å². The number of ether oxygens (including phenoxy) is 1. The zero-order chi connectivity index (χ0) is 17.2. The molecule has 6 nitrogen and oxygen atoms in total. The quantitative estimate of drug-likeness (QED) is 0.576. The van der Waals surface area contributed by atoms with Crippen molar-refractivity contribution in [2.24, 2.45) is 0 Å². The molecule has 0 aromatic carbocycles. The highest BCUT2D eigenvalue weighted by Gasteiger charge is 2.27. The van der Waals surface area contributed by atoms with Crippen molar-refractivity contribution in [1.82, 2.24) is 15.5 Å². The molecule has 138 valence electrons. The molecule has 1 saturated carbocycles. The summed E-state index contributed by atoms with van der Waals surface area (Å²) in [5.41, 5.74) is 0. The maximum atomic E-state index is 12.0. The van der Waals surface area contributed by atoms with Crippen LogP contribution in [0.15, 0.2) is 0 Å². The van der Waals surface area contributed by atoms with Gasteiger partial charge in [-0.1, -0.05) is 25.7 Å². The summed E-state index contributed by atoms with van der Waals surface area (Å²) in [6.45, 7) is 4.60. The van der Waals surface area contributed by atoms with E-state index in [4.69, 9.17) is 4.74 Å². The molecule has 2 aliphatic rings. The van der Waals surface area contributed by atoms with Crippen molar-refractivity contribution in [3.63, 3.8) is 0 Å². The van der Waals surface area contributed by atoms with Gasteiger partial charge in [-0.3, -0.25) is 9.69 Å². The number of rotatable bonds is 6. The van der Waals surface area contributed by atoms with Crippen molar-refractivity contribution in [3.8, 4) is 0 Å². The summed E-state index contributed by atoms with van der Waals surface area (Å²) in [6.07, 6.45) is 10.4. The van der Waals surface area contributed by atoms with E-state index in [1.807, 2.05) is 0 Å². The molecule has 0 unspecified atom stereocenters. The number of nitrogens with zero attached hydrogens (tertiary/aromatic N) is 1. The number of carbonyl (C=O) groups is 2. The lowest BCUT2D eigenvalue weighted by Gasteiger charge is -2.38. The molecule has 24 heavy (non-hydrogen) atoms. The molecule has 2 rings (SSSR count). The SMILES string of the molecule is CCOC(=O)CCNC(=O)N[C@H]1CCCN(C2CCCCCC2)C1. The largest absolute Gasteiger partial charge is 0.466 e. The molecule has 2 fully saturated rings. The lowest BCUT2D eigenvalue weighted by molar-refractivity contribution is -0.142. The Balaban J connectivity index is 1.68. The molecular weight excluding hydrogens is 306 g/mol. The summed E-state index contributed by atoms with van der Waals surface area (Å²) < 4.78 is 4.85. The highest BCUT2D eigenvalue weighted by atomic mass is 16.5. The van der Waals surface area contributed by atoms with Gasteiger partial charge in [0.05, 0.1) is 13.0 Å². The fourth-order valence-corrected chi connectivity index (χ4v) is 3.83. The number of hydrogen-bond donors (Lipinski definition) is 2. The number of amides is 2. The van der Waals surface area contributed by atoms with E-state index in [-0.39, 0.29) is 24.5 Å². The number of carbonyl (C=O) groups excluding carboxylic acids is 2. The van der Waals surface area contributed by atoms with Gasteiger partial charge in [-0.25, -0.2) is 4.79 Å². The highest BCUT2D eigenvalue weighted by Crippen LogP contribution is 2.24. The standard InChI is InChI=1S/C18H33N3O3/c1-2-24-17(22)11-12-19-18(23)20-15-8-7-13-21(14-15)16-9-5-3-4-6-10-16/h15-16H,2-14H2,1H3,(H2,19,20,23)/t15-/m0/s1. The third-order valence-electron chi connectivity index (χ3n) is 5.05. The van der Waals surface area contributed by atoms with Crippen molar-refractivity contribution in [1.29, 1.82) is 0 Å².